The molecule has 0 saturated carbocycles. The van der Waals surface area contributed by atoms with Crippen molar-refractivity contribution in [3.8, 4) is 22.5 Å². The molecule has 2 aromatic carbocycles. The molecule has 0 aliphatic carbocycles. The maximum absolute atomic E-state index is 13.8. The number of carbonyl (C=O) groups is 2. The van der Waals surface area contributed by atoms with E-state index in [9.17, 15) is 9.59 Å². The summed E-state index contributed by atoms with van der Waals surface area (Å²) in [6.07, 6.45) is 1.48. The summed E-state index contributed by atoms with van der Waals surface area (Å²) in [5.41, 5.74) is 4.35. The Morgan fingerprint density at radius 1 is 0.971 bits per heavy atom. The molecule has 3 heterocycles. The van der Waals surface area contributed by atoms with Crippen LogP contribution in [0.4, 0.5) is 0 Å². The molecule has 0 spiro atoms. The van der Waals surface area contributed by atoms with Gasteiger partial charge in [-0.3, -0.25) is 9.59 Å². The van der Waals surface area contributed by atoms with Crippen LogP contribution in [-0.4, -0.2) is 51.1 Å². The van der Waals surface area contributed by atoms with Crippen molar-refractivity contribution >= 4 is 17.5 Å². The summed E-state index contributed by atoms with van der Waals surface area (Å²) in [6, 6.07) is 23.3. The lowest BCUT2D eigenvalue weighted by Crippen LogP contribution is -2.43. The number of esters is 1. The van der Waals surface area contributed by atoms with Crippen molar-refractivity contribution in [2.24, 2.45) is 5.92 Å². The first-order chi connectivity index (χ1) is 16.6. The Hall–Kier alpha value is -4.00. The minimum atomic E-state index is -0.305. The molecule has 4 aromatic rings. The standard InChI is InChI=1S/C27H26N4O3/c1-2-34-27(33)21-14-9-15-30(18-21)26(32)24-16-22(19-10-5-3-6-11-19)28-25-17-23(29-31(24)25)20-12-7-4-8-13-20/h3-8,10-13,16-17,21H,2,9,14-15,18H2,1H3/t21-/m0/s1. The van der Waals surface area contributed by atoms with Gasteiger partial charge in [-0.15, -0.1) is 0 Å². The third-order valence-corrected chi connectivity index (χ3v) is 6.11. The Balaban J connectivity index is 1.57. The number of aromatic nitrogens is 3. The third-order valence-electron chi connectivity index (χ3n) is 6.11. The molecule has 2 aromatic heterocycles. The molecule has 0 bridgehead atoms. The summed E-state index contributed by atoms with van der Waals surface area (Å²) < 4.78 is 6.83. The van der Waals surface area contributed by atoms with Crippen LogP contribution in [0, 0.1) is 5.92 Å². The van der Waals surface area contributed by atoms with Crippen molar-refractivity contribution in [2.75, 3.05) is 19.7 Å². The van der Waals surface area contributed by atoms with Crippen LogP contribution in [0.15, 0.2) is 72.8 Å². The van der Waals surface area contributed by atoms with E-state index in [1.807, 2.05) is 66.7 Å². The highest BCUT2D eigenvalue weighted by molar-refractivity contribution is 5.95. The van der Waals surface area contributed by atoms with E-state index in [2.05, 4.69) is 0 Å². The Kier molecular flexibility index (Phi) is 6.08. The summed E-state index contributed by atoms with van der Waals surface area (Å²) in [5.74, 6) is -0.710. The Morgan fingerprint density at radius 2 is 1.65 bits per heavy atom. The molecule has 0 unspecified atom stereocenters. The van der Waals surface area contributed by atoms with Gasteiger partial charge >= 0.3 is 5.97 Å². The molecule has 1 saturated heterocycles. The van der Waals surface area contributed by atoms with Gasteiger partial charge in [-0.05, 0) is 25.8 Å². The number of fused-ring (bicyclic) bond motifs is 1. The normalized spacial score (nSPS) is 15.9. The molecule has 1 aliphatic heterocycles. The highest BCUT2D eigenvalue weighted by atomic mass is 16.5. The van der Waals surface area contributed by atoms with E-state index in [0.717, 1.165) is 29.7 Å². The maximum atomic E-state index is 13.8. The van der Waals surface area contributed by atoms with E-state index in [4.69, 9.17) is 14.8 Å². The van der Waals surface area contributed by atoms with Crippen molar-refractivity contribution in [2.45, 2.75) is 19.8 Å². The van der Waals surface area contributed by atoms with Gasteiger partial charge in [0.25, 0.3) is 5.91 Å². The van der Waals surface area contributed by atoms with Gasteiger partial charge in [0.1, 0.15) is 5.69 Å². The average Bonchev–Trinajstić information content (AvgIpc) is 3.33. The molecule has 1 atom stereocenters. The van der Waals surface area contributed by atoms with Gasteiger partial charge in [-0.25, -0.2) is 9.50 Å². The summed E-state index contributed by atoms with van der Waals surface area (Å²) in [6.45, 7) is 3.07. The van der Waals surface area contributed by atoms with Crippen LogP contribution in [0.1, 0.15) is 30.3 Å². The molecule has 7 heteroatoms. The number of carbonyl (C=O) groups excluding carboxylic acids is 2. The Bertz CT molecular complexity index is 1320. The highest BCUT2D eigenvalue weighted by Crippen LogP contribution is 2.26. The second-order valence-electron chi connectivity index (χ2n) is 8.40. The predicted octanol–water partition coefficient (Wildman–Crippen LogP) is 4.48. The van der Waals surface area contributed by atoms with Crippen LogP contribution >= 0.6 is 0 Å². The quantitative estimate of drug-likeness (QED) is 0.416. The number of piperidine rings is 1. The van der Waals surface area contributed by atoms with Crippen LogP contribution < -0.4 is 0 Å². The fourth-order valence-corrected chi connectivity index (χ4v) is 4.41. The molecule has 7 nitrogen and oxygen atoms in total. The maximum Gasteiger partial charge on any atom is 0.310 e. The molecular formula is C27H26N4O3. The third kappa shape index (κ3) is 4.29. The Morgan fingerprint density at radius 3 is 2.32 bits per heavy atom. The van der Waals surface area contributed by atoms with Crippen molar-refractivity contribution in [1.82, 2.24) is 19.5 Å². The van der Waals surface area contributed by atoms with Gasteiger partial charge in [0.15, 0.2) is 5.65 Å². The van der Waals surface area contributed by atoms with E-state index >= 15 is 0 Å². The van der Waals surface area contributed by atoms with Crippen LogP contribution in [0.2, 0.25) is 0 Å². The van der Waals surface area contributed by atoms with Gasteiger partial charge in [0.2, 0.25) is 0 Å². The number of hydrogen-bond donors (Lipinski definition) is 0. The lowest BCUT2D eigenvalue weighted by Gasteiger charge is -2.31. The molecule has 0 N–H and O–H groups in total. The topological polar surface area (TPSA) is 76.8 Å². The number of hydrogen-bond acceptors (Lipinski definition) is 5. The predicted molar refractivity (Wildman–Crippen MR) is 129 cm³/mol. The zero-order valence-corrected chi connectivity index (χ0v) is 19.1. The van der Waals surface area contributed by atoms with Crippen molar-refractivity contribution < 1.29 is 14.3 Å². The first kappa shape index (κ1) is 21.8. The van der Waals surface area contributed by atoms with Crippen molar-refractivity contribution in [3.05, 3.63) is 78.5 Å². The first-order valence-electron chi connectivity index (χ1n) is 11.6. The number of ether oxygens (including phenoxy) is 1. The van der Waals surface area contributed by atoms with E-state index in [-0.39, 0.29) is 17.8 Å². The number of amides is 1. The minimum absolute atomic E-state index is 0.165. The molecule has 0 radical (unpaired) electrons. The zero-order chi connectivity index (χ0) is 23.5. The van der Waals surface area contributed by atoms with Crippen LogP contribution in [0.5, 0.6) is 0 Å². The van der Waals surface area contributed by atoms with E-state index in [1.54, 1.807) is 22.4 Å². The molecule has 172 valence electrons. The molecular weight excluding hydrogens is 428 g/mol. The number of likely N-dealkylation sites (tertiary alicyclic amines) is 1. The van der Waals surface area contributed by atoms with Gasteiger partial charge in [-0.1, -0.05) is 60.7 Å². The van der Waals surface area contributed by atoms with E-state index in [1.165, 1.54) is 0 Å². The SMILES string of the molecule is CCOC(=O)[C@H]1CCCN(C(=O)c2cc(-c3ccccc3)nc3cc(-c4ccccc4)nn23)C1. The highest BCUT2D eigenvalue weighted by Gasteiger charge is 2.31. The monoisotopic (exact) mass is 454 g/mol. The van der Waals surface area contributed by atoms with Gasteiger partial charge < -0.3 is 9.64 Å². The summed E-state index contributed by atoms with van der Waals surface area (Å²) >= 11 is 0. The molecule has 1 fully saturated rings. The fraction of sp³-hybridized carbons (Fsp3) is 0.259. The first-order valence-corrected chi connectivity index (χ1v) is 11.6. The van der Waals surface area contributed by atoms with Crippen molar-refractivity contribution in [3.63, 3.8) is 0 Å². The number of rotatable bonds is 5. The van der Waals surface area contributed by atoms with Gasteiger partial charge in [-0.2, -0.15) is 5.10 Å². The van der Waals surface area contributed by atoms with E-state index in [0.29, 0.717) is 36.7 Å². The fourth-order valence-electron chi connectivity index (χ4n) is 4.41. The largest absolute Gasteiger partial charge is 0.466 e. The second kappa shape index (κ2) is 9.47. The summed E-state index contributed by atoms with van der Waals surface area (Å²) in [5, 5.41) is 4.73. The van der Waals surface area contributed by atoms with Crippen LogP contribution in [0.25, 0.3) is 28.2 Å². The van der Waals surface area contributed by atoms with Crippen LogP contribution in [0.3, 0.4) is 0 Å². The van der Waals surface area contributed by atoms with Crippen molar-refractivity contribution in [1.29, 1.82) is 0 Å². The smallest absolute Gasteiger partial charge is 0.310 e. The summed E-state index contributed by atoms with van der Waals surface area (Å²) in [7, 11) is 0. The second-order valence-corrected chi connectivity index (χ2v) is 8.40. The average molecular weight is 455 g/mol. The Labute approximate surface area is 198 Å². The summed E-state index contributed by atoms with van der Waals surface area (Å²) in [4.78, 5) is 32.6. The molecule has 34 heavy (non-hydrogen) atoms. The van der Waals surface area contributed by atoms with E-state index < -0.39 is 0 Å². The number of nitrogens with zero attached hydrogens (tertiary/aromatic N) is 4. The zero-order valence-electron chi connectivity index (χ0n) is 19.1. The van der Waals surface area contributed by atoms with Crippen LogP contribution in [-0.2, 0) is 9.53 Å². The van der Waals surface area contributed by atoms with Gasteiger partial charge in [0.05, 0.1) is 23.9 Å². The molecule has 1 amide bonds. The lowest BCUT2D eigenvalue weighted by molar-refractivity contribution is -0.149. The minimum Gasteiger partial charge on any atom is -0.466 e. The molecule has 1 aliphatic rings. The number of benzene rings is 2. The van der Waals surface area contributed by atoms with Gasteiger partial charge in [0, 0.05) is 30.3 Å². The lowest BCUT2D eigenvalue weighted by atomic mass is 9.98. The molecule has 5 rings (SSSR count).